The van der Waals surface area contributed by atoms with Gasteiger partial charge in [0.15, 0.2) is 0 Å². The van der Waals surface area contributed by atoms with E-state index < -0.39 is 0 Å². The first-order valence-corrected chi connectivity index (χ1v) is 3.47. The lowest BCUT2D eigenvalue weighted by atomic mass is 10.3. The smallest absolute Gasteiger partial charge is 0.0161 e. The Kier molecular flexibility index (Phi) is 5.69. The summed E-state index contributed by atoms with van der Waals surface area (Å²) in [6, 6.07) is 0. The molecule has 1 aliphatic heterocycles. The van der Waals surface area contributed by atoms with Crippen LogP contribution in [0.3, 0.4) is 0 Å². The summed E-state index contributed by atoms with van der Waals surface area (Å²) in [5.41, 5.74) is 0. The molecule has 1 N–H and O–H groups in total. The summed E-state index contributed by atoms with van der Waals surface area (Å²) in [5, 5.41) is 3.30. The molecule has 0 unspecified atom stereocenters. The monoisotopic (exact) mass is 162 g/mol. The van der Waals surface area contributed by atoms with Crippen molar-refractivity contribution >= 4 is 12.4 Å². The van der Waals surface area contributed by atoms with Crippen LogP contribution in [0, 0.1) is 0 Å². The topological polar surface area (TPSA) is 15.3 Å². The van der Waals surface area contributed by atoms with E-state index in [1.165, 1.54) is 13.1 Å². The van der Waals surface area contributed by atoms with Gasteiger partial charge in [-0.25, -0.2) is 0 Å². The van der Waals surface area contributed by atoms with E-state index in [1.54, 1.807) is 0 Å². The molecule has 1 saturated heterocycles. The molecule has 0 atom stereocenters. The zero-order valence-corrected chi connectivity index (χ0v) is 6.99. The standard InChI is InChI=1S/C7H14N2.ClH/c1-2-5-9-6-3-8-4-7-9;/h2,8H,1,3-7H2;1H. The minimum atomic E-state index is 0. The zero-order valence-electron chi connectivity index (χ0n) is 6.18. The molecule has 2 nitrogen and oxygen atoms in total. The fraction of sp³-hybridized carbons (Fsp3) is 0.714. The van der Waals surface area contributed by atoms with Crippen molar-refractivity contribution in [3.8, 4) is 0 Å². The fourth-order valence-electron chi connectivity index (χ4n) is 1.08. The van der Waals surface area contributed by atoms with E-state index in [0.29, 0.717) is 0 Å². The minimum absolute atomic E-state index is 0. The van der Waals surface area contributed by atoms with Crippen LogP contribution in [0.4, 0.5) is 0 Å². The lowest BCUT2D eigenvalue weighted by molar-refractivity contribution is 0.265. The lowest BCUT2D eigenvalue weighted by Gasteiger charge is -2.25. The van der Waals surface area contributed by atoms with Crippen molar-refractivity contribution in [2.24, 2.45) is 0 Å². The van der Waals surface area contributed by atoms with Crippen LogP contribution < -0.4 is 5.32 Å². The summed E-state index contributed by atoms with van der Waals surface area (Å²) in [6.45, 7) is 9.35. The number of hydrogen-bond donors (Lipinski definition) is 1. The van der Waals surface area contributed by atoms with Gasteiger partial charge in [0, 0.05) is 32.7 Å². The maximum Gasteiger partial charge on any atom is 0.0161 e. The Bertz CT molecular complexity index is 89.6. The molecular weight excluding hydrogens is 148 g/mol. The maximum atomic E-state index is 3.69. The average Bonchev–Trinajstić information content (AvgIpc) is 1.91. The summed E-state index contributed by atoms with van der Waals surface area (Å²) in [7, 11) is 0. The Morgan fingerprint density at radius 1 is 1.40 bits per heavy atom. The van der Waals surface area contributed by atoms with Gasteiger partial charge in [-0.2, -0.15) is 0 Å². The average molecular weight is 163 g/mol. The van der Waals surface area contributed by atoms with Crippen LogP contribution in [0.15, 0.2) is 12.7 Å². The molecular formula is C7H15ClN2. The first-order chi connectivity index (χ1) is 4.43. The second-order valence-electron chi connectivity index (χ2n) is 2.34. The highest BCUT2D eigenvalue weighted by Crippen LogP contribution is 1.89. The Labute approximate surface area is 68.7 Å². The van der Waals surface area contributed by atoms with Crippen LogP contribution in [-0.4, -0.2) is 37.6 Å². The van der Waals surface area contributed by atoms with Gasteiger partial charge in [0.1, 0.15) is 0 Å². The number of nitrogens with one attached hydrogen (secondary N) is 1. The highest BCUT2D eigenvalue weighted by molar-refractivity contribution is 5.85. The number of nitrogens with zero attached hydrogens (tertiary/aromatic N) is 1. The Morgan fingerprint density at radius 3 is 2.50 bits per heavy atom. The number of hydrogen-bond acceptors (Lipinski definition) is 2. The predicted molar refractivity (Wildman–Crippen MR) is 46.8 cm³/mol. The van der Waals surface area contributed by atoms with Crippen LogP contribution in [0.5, 0.6) is 0 Å². The van der Waals surface area contributed by atoms with Gasteiger partial charge in [-0.15, -0.1) is 19.0 Å². The number of rotatable bonds is 2. The third-order valence-electron chi connectivity index (χ3n) is 1.60. The SMILES string of the molecule is C=CCN1CCNCC1.Cl. The Balaban J connectivity index is 0.000000810. The molecule has 10 heavy (non-hydrogen) atoms. The van der Waals surface area contributed by atoms with Crippen molar-refractivity contribution in [3.05, 3.63) is 12.7 Å². The lowest BCUT2D eigenvalue weighted by Crippen LogP contribution is -2.43. The van der Waals surface area contributed by atoms with Gasteiger partial charge >= 0.3 is 0 Å². The van der Waals surface area contributed by atoms with Gasteiger partial charge in [0.05, 0.1) is 0 Å². The molecule has 0 aromatic rings. The van der Waals surface area contributed by atoms with E-state index in [2.05, 4.69) is 16.8 Å². The Morgan fingerprint density at radius 2 is 2.00 bits per heavy atom. The highest BCUT2D eigenvalue weighted by Gasteiger charge is 2.05. The van der Waals surface area contributed by atoms with E-state index in [4.69, 9.17) is 0 Å². The van der Waals surface area contributed by atoms with E-state index in [1.807, 2.05) is 6.08 Å². The van der Waals surface area contributed by atoms with E-state index in [0.717, 1.165) is 19.6 Å². The molecule has 0 amide bonds. The first-order valence-electron chi connectivity index (χ1n) is 3.47. The zero-order chi connectivity index (χ0) is 6.53. The van der Waals surface area contributed by atoms with Crippen molar-refractivity contribution in [3.63, 3.8) is 0 Å². The number of piperazine rings is 1. The van der Waals surface area contributed by atoms with Crippen molar-refractivity contribution in [1.29, 1.82) is 0 Å². The van der Waals surface area contributed by atoms with Gasteiger partial charge in [-0.05, 0) is 0 Å². The molecule has 0 radical (unpaired) electrons. The van der Waals surface area contributed by atoms with E-state index >= 15 is 0 Å². The minimum Gasteiger partial charge on any atom is -0.314 e. The molecule has 1 aliphatic rings. The molecule has 1 rings (SSSR count). The van der Waals surface area contributed by atoms with Crippen molar-refractivity contribution in [1.82, 2.24) is 10.2 Å². The van der Waals surface area contributed by atoms with Crippen LogP contribution in [0.1, 0.15) is 0 Å². The molecule has 0 aromatic heterocycles. The quantitative estimate of drug-likeness (QED) is 0.595. The summed E-state index contributed by atoms with van der Waals surface area (Å²) >= 11 is 0. The van der Waals surface area contributed by atoms with Crippen molar-refractivity contribution in [2.45, 2.75) is 0 Å². The molecule has 0 aliphatic carbocycles. The molecule has 0 spiro atoms. The van der Waals surface area contributed by atoms with E-state index in [-0.39, 0.29) is 12.4 Å². The second kappa shape index (κ2) is 5.71. The molecule has 60 valence electrons. The molecule has 0 aromatic carbocycles. The Hall–Kier alpha value is -0.0500. The third kappa shape index (κ3) is 3.20. The normalized spacial score (nSPS) is 19.6. The maximum absolute atomic E-state index is 3.69. The summed E-state index contributed by atoms with van der Waals surface area (Å²) in [5.74, 6) is 0. The third-order valence-corrected chi connectivity index (χ3v) is 1.60. The number of halogens is 1. The highest BCUT2D eigenvalue weighted by atomic mass is 35.5. The van der Waals surface area contributed by atoms with Gasteiger partial charge in [-0.1, -0.05) is 6.08 Å². The van der Waals surface area contributed by atoms with Crippen molar-refractivity contribution in [2.75, 3.05) is 32.7 Å². The van der Waals surface area contributed by atoms with Crippen molar-refractivity contribution < 1.29 is 0 Å². The summed E-state index contributed by atoms with van der Waals surface area (Å²) < 4.78 is 0. The van der Waals surface area contributed by atoms with Crippen LogP contribution >= 0.6 is 12.4 Å². The first kappa shape index (κ1) is 9.95. The van der Waals surface area contributed by atoms with Crippen LogP contribution in [0.25, 0.3) is 0 Å². The molecule has 0 saturated carbocycles. The molecule has 1 fully saturated rings. The summed E-state index contributed by atoms with van der Waals surface area (Å²) in [6.07, 6.45) is 1.96. The fourth-order valence-corrected chi connectivity index (χ4v) is 1.08. The van der Waals surface area contributed by atoms with Gasteiger partial charge < -0.3 is 5.32 Å². The van der Waals surface area contributed by atoms with Crippen LogP contribution in [-0.2, 0) is 0 Å². The van der Waals surface area contributed by atoms with E-state index in [9.17, 15) is 0 Å². The molecule has 3 heteroatoms. The molecule has 0 bridgehead atoms. The predicted octanol–water partition coefficient (Wildman–Crippen LogP) is 0.499. The second-order valence-corrected chi connectivity index (χ2v) is 2.34. The summed E-state index contributed by atoms with van der Waals surface area (Å²) in [4.78, 5) is 2.39. The van der Waals surface area contributed by atoms with Gasteiger partial charge in [0.25, 0.3) is 0 Å². The van der Waals surface area contributed by atoms with Gasteiger partial charge in [-0.3, -0.25) is 4.90 Å². The molecule has 1 heterocycles. The largest absolute Gasteiger partial charge is 0.314 e. The van der Waals surface area contributed by atoms with Gasteiger partial charge in [0.2, 0.25) is 0 Å². The van der Waals surface area contributed by atoms with Crippen LogP contribution in [0.2, 0.25) is 0 Å².